The highest BCUT2D eigenvalue weighted by atomic mass is 16.3. The molecule has 0 N–H and O–H groups in total. The van der Waals surface area contributed by atoms with Crippen LogP contribution < -0.4 is 0 Å². The fourth-order valence-electron chi connectivity index (χ4n) is 6.84. The molecule has 10 aromatic rings. The topological polar surface area (TPSA) is 65.0 Å². The quantitative estimate of drug-likeness (QED) is 0.187. The molecule has 234 valence electrons. The Morgan fingerprint density at radius 3 is 1.12 bits per heavy atom. The van der Waals surface area contributed by atoms with Gasteiger partial charge in [-0.25, -0.2) is 15.0 Å². The molecule has 0 bridgehead atoms. The predicted molar refractivity (Wildman–Crippen MR) is 202 cm³/mol. The highest BCUT2D eigenvalue weighted by Crippen LogP contribution is 2.38. The monoisotopic (exact) mass is 641 g/mol. The van der Waals surface area contributed by atoms with Gasteiger partial charge in [0.05, 0.1) is 0 Å². The van der Waals surface area contributed by atoms with Crippen molar-refractivity contribution in [2.75, 3.05) is 0 Å². The summed E-state index contributed by atoms with van der Waals surface area (Å²) in [6, 6.07) is 55.8. The fraction of sp³-hybridized carbons (Fsp3) is 0. The second-order valence-corrected chi connectivity index (χ2v) is 12.5. The summed E-state index contributed by atoms with van der Waals surface area (Å²) < 4.78 is 12.6. The van der Waals surface area contributed by atoms with Crippen LogP contribution in [0.15, 0.2) is 173 Å². The van der Waals surface area contributed by atoms with Crippen LogP contribution in [0.1, 0.15) is 0 Å². The highest BCUT2D eigenvalue weighted by molar-refractivity contribution is 6.07. The smallest absolute Gasteiger partial charge is 0.164 e. The van der Waals surface area contributed by atoms with E-state index in [0.29, 0.717) is 17.5 Å². The lowest BCUT2D eigenvalue weighted by atomic mass is 9.94. The summed E-state index contributed by atoms with van der Waals surface area (Å²) in [5.41, 5.74) is 10.3. The van der Waals surface area contributed by atoms with Crippen molar-refractivity contribution in [3.05, 3.63) is 164 Å². The van der Waals surface area contributed by atoms with Crippen molar-refractivity contribution in [2.45, 2.75) is 0 Å². The van der Waals surface area contributed by atoms with E-state index < -0.39 is 0 Å². The third-order valence-corrected chi connectivity index (χ3v) is 9.31. The Morgan fingerprint density at radius 1 is 0.260 bits per heavy atom. The van der Waals surface area contributed by atoms with Crippen LogP contribution in [0.2, 0.25) is 0 Å². The molecule has 7 aromatic carbocycles. The molecule has 0 fully saturated rings. The van der Waals surface area contributed by atoms with E-state index in [2.05, 4.69) is 66.7 Å². The molecule has 0 amide bonds. The van der Waals surface area contributed by atoms with Crippen LogP contribution in [0.3, 0.4) is 0 Å². The Kier molecular flexibility index (Phi) is 6.42. The minimum atomic E-state index is 0.593. The maximum Gasteiger partial charge on any atom is 0.164 e. The van der Waals surface area contributed by atoms with Crippen LogP contribution in [0.25, 0.3) is 100 Å². The number of furan rings is 2. The summed E-state index contributed by atoms with van der Waals surface area (Å²) in [5.74, 6) is 1.83. The first-order chi connectivity index (χ1) is 24.7. The number of nitrogens with zero attached hydrogens (tertiary/aromatic N) is 3. The van der Waals surface area contributed by atoms with Crippen LogP contribution >= 0.6 is 0 Å². The average molecular weight is 642 g/mol. The Balaban J connectivity index is 1.20. The van der Waals surface area contributed by atoms with E-state index in [4.69, 9.17) is 23.8 Å². The highest BCUT2D eigenvalue weighted by Gasteiger charge is 2.17. The third-order valence-electron chi connectivity index (χ3n) is 9.31. The van der Waals surface area contributed by atoms with E-state index in [9.17, 15) is 0 Å². The zero-order valence-electron chi connectivity index (χ0n) is 26.7. The second-order valence-electron chi connectivity index (χ2n) is 12.5. The van der Waals surface area contributed by atoms with Crippen LogP contribution in [-0.4, -0.2) is 15.0 Å². The number of hydrogen-bond donors (Lipinski definition) is 0. The van der Waals surface area contributed by atoms with E-state index >= 15 is 0 Å². The number of fused-ring (bicyclic) bond motifs is 6. The number of rotatable bonds is 5. The van der Waals surface area contributed by atoms with E-state index in [1.54, 1.807) is 0 Å². The molecule has 0 spiro atoms. The summed E-state index contributed by atoms with van der Waals surface area (Å²) >= 11 is 0. The molecule has 50 heavy (non-hydrogen) atoms. The normalized spacial score (nSPS) is 11.6. The van der Waals surface area contributed by atoms with Gasteiger partial charge in [-0.15, -0.1) is 0 Å². The number of benzene rings is 7. The molecule has 5 heteroatoms. The summed E-state index contributed by atoms with van der Waals surface area (Å²) in [4.78, 5) is 15.1. The molecule has 0 aliphatic heterocycles. The molecule has 0 saturated carbocycles. The Bertz CT molecular complexity index is 2680. The molecule has 0 atom stereocenters. The maximum atomic E-state index is 6.31. The van der Waals surface area contributed by atoms with Gasteiger partial charge in [-0.2, -0.15) is 0 Å². The van der Waals surface area contributed by atoms with Crippen molar-refractivity contribution >= 4 is 43.9 Å². The summed E-state index contributed by atoms with van der Waals surface area (Å²) in [6.45, 7) is 0. The molecule has 3 heterocycles. The summed E-state index contributed by atoms with van der Waals surface area (Å²) in [6.07, 6.45) is 0. The zero-order valence-corrected chi connectivity index (χ0v) is 26.7. The zero-order chi connectivity index (χ0) is 33.0. The fourth-order valence-corrected chi connectivity index (χ4v) is 6.84. The van der Waals surface area contributed by atoms with Crippen molar-refractivity contribution in [1.82, 2.24) is 15.0 Å². The first kappa shape index (κ1) is 28.2. The van der Waals surface area contributed by atoms with E-state index in [-0.39, 0.29) is 0 Å². The van der Waals surface area contributed by atoms with Crippen molar-refractivity contribution in [3.63, 3.8) is 0 Å². The van der Waals surface area contributed by atoms with Crippen molar-refractivity contribution in [3.8, 4) is 56.4 Å². The number of aromatic nitrogens is 3. The van der Waals surface area contributed by atoms with Gasteiger partial charge in [-0.05, 0) is 76.9 Å². The van der Waals surface area contributed by atoms with Crippen LogP contribution in [0.5, 0.6) is 0 Å². The molecule has 0 aliphatic rings. The van der Waals surface area contributed by atoms with E-state index in [0.717, 1.165) is 82.8 Å². The largest absolute Gasteiger partial charge is 0.456 e. The molecule has 0 unspecified atom stereocenters. The molecule has 10 rings (SSSR count). The van der Waals surface area contributed by atoms with Crippen LogP contribution in [-0.2, 0) is 0 Å². The van der Waals surface area contributed by atoms with E-state index in [1.165, 1.54) is 0 Å². The Labute approximate surface area is 287 Å². The number of para-hydroxylation sites is 2. The SMILES string of the molecule is c1ccc(-c2nc(-c3ccccc3)nc(-c3cc(-c4ccc5c(c4)oc4ccccc45)cc(-c4ccc5c(c4)oc4ccccc45)c3)n2)cc1. The molecule has 0 aliphatic carbocycles. The van der Waals surface area contributed by atoms with Gasteiger partial charge in [-0.3, -0.25) is 0 Å². The van der Waals surface area contributed by atoms with Crippen molar-refractivity contribution < 1.29 is 8.83 Å². The lowest BCUT2D eigenvalue weighted by Crippen LogP contribution is -2.00. The molecule has 3 aromatic heterocycles. The molecule has 5 nitrogen and oxygen atoms in total. The lowest BCUT2D eigenvalue weighted by Gasteiger charge is -2.12. The standard InChI is InChI=1S/C45H27N3O2/c1-3-11-28(12-4-1)43-46-44(29-13-5-2-6-14-29)48-45(47-43)34-24-32(30-19-21-37-35-15-7-9-17-39(35)49-41(37)26-30)23-33(25-34)31-20-22-38-36-16-8-10-18-40(36)50-42(38)27-31/h1-27H. The van der Waals surface area contributed by atoms with Gasteiger partial charge in [0.15, 0.2) is 17.5 Å². The number of hydrogen-bond acceptors (Lipinski definition) is 5. The van der Waals surface area contributed by atoms with Gasteiger partial charge in [0.2, 0.25) is 0 Å². The van der Waals surface area contributed by atoms with Crippen LogP contribution in [0.4, 0.5) is 0 Å². The molecular formula is C45H27N3O2. The maximum absolute atomic E-state index is 6.31. The first-order valence-electron chi connectivity index (χ1n) is 16.6. The average Bonchev–Trinajstić information content (AvgIpc) is 3.76. The molecule has 0 saturated heterocycles. The van der Waals surface area contributed by atoms with Gasteiger partial charge >= 0.3 is 0 Å². The minimum absolute atomic E-state index is 0.593. The van der Waals surface area contributed by atoms with Gasteiger partial charge in [0, 0.05) is 38.2 Å². The van der Waals surface area contributed by atoms with Gasteiger partial charge < -0.3 is 8.83 Å². The molecular weight excluding hydrogens is 615 g/mol. The first-order valence-corrected chi connectivity index (χ1v) is 16.6. The van der Waals surface area contributed by atoms with E-state index in [1.807, 2.05) is 97.1 Å². The minimum Gasteiger partial charge on any atom is -0.456 e. The Hall–Kier alpha value is -6.85. The molecule has 0 radical (unpaired) electrons. The van der Waals surface area contributed by atoms with Gasteiger partial charge in [0.25, 0.3) is 0 Å². The van der Waals surface area contributed by atoms with Crippen molar-refractivity contribution in [1.29, 1.82) is 0 Å². The second kappa shape index (κ2) is 11.4. The third kappa shape index (κ3) is 4.83. The predicted octanol–water partition coefficient (Wildman–Crippen LogP) is 12.0. The van der Waals surface area contributed by atoms with Gasteiger partial charge in [0.1, 0.15) is 22.3 Å². The van der Waals surface area contributed by atoms with Crippen molar-refractivity contribution in [2.24, 2.45) is 0 Å². The van der Waals surface area contributed by atoms with Crippen LogP contribution in [0, 0.1) is 0 Å². The summed E-state index contributed by atoms with van der Waals surface area (Å²) in [5, 5.41) is 4.39. The Morgan fingerprint density at radius 2 is 0.640 bits per heavy atom. The summed E-state index contributed by atoms with van der Waals surface area (Å²) in [7, 11) is 0. The van der Waals surface area contributed by atoms with Gasteiger partial charge in [-0.1, -0.05) is 109 Å². The lowest BCUT2D eigenvalue weighted by molar-refractivity contribution is 0.668.